The summed E-state index contributed by atoms with van der Waals surface area (Å²) in [5.74, 6) is 0.203. The number of nitrogens with zero attached hydrogens (tertiary/aromatic N) is 1. The minimum Gasteiger partial charge on any atom is -0.508 e. The lowest BCUT2D eigenvalue weighted by atomic mass is 10.1. The van der Waals surface area contributed by atoms with Crippen molar-refractivity contribution in [2.75, 3.05) is 0 Å². The fourth-order valence-electron chi connectivity index (χ4n) is 1.24. The van der Waals surface area contributed by atoms with E-state index in [0.29, 0.717) is 10.6 Å². The molecule has 1 heterocycles. The minimum absolute atomic E-state index is 0.203. The van der Waals surface area contributed by atoms with Crippen molar-refractivity contribution in [1.82, 2.24) is 10.2 Å². The number of H-pyrrole nitrogens is 1. The zero-order chi connectivity index (χ0) is 10.1. The highest BCUT2D eigenvalue weighted by atomic mass is 35.5. The molecule has 0 radical (unpaired) electrons. The standard InChI is InChI=1S/C10H9ClN2O/c1-6-9(11)2-7(3-10(6)14)8-4-12-13-5-8/h2-5,14H,1H3,(H,12,13). The number of aromatic amines is 1. The Hall–Kier alpha value is -1.48. The Balaban J connectivity index is 2.57. The van der Waals surface area contributed by atoms with E-state index in [1.165, 1.54) is 0 Å². The average Bonchev–Trinajstić information content (AvgIpc) is 2.66. The maximum absolute atomic E-state index is 9.56. The van der Waals surface area contributed by atoms with Crippen LogP contribution in [0.4, 0.5) is 0 Å². The van der Waals surface area contributed by atoms with Gasteiger partial charge in [0.05, 0.1) is 6.20 Å². The van der Waals surface area contributed by atoms with Gasteiger partial charge in [-0.25, -0.2) is 0 Å². The molecular weight excluding hydrogens is 200 g/mol. The van der Waals surface area contributed by atoms with Gasteiger partial charge in [-0.1, -0.05) is 11.6 Å². The quantitative estimate of drug-likeness (QED) is 0.757. The molecule has 2 rings (SSSR count). The number of halogens is 1. The van der Waals surface area contributed by atoms with Crippen molar-refractivity contribution in [2.45, 2.75) is 6.92 Å². The van der Waals surface area contributed by atoms with E-state index < -0.39 is 0 Å². The normalized spacial score (nSPS) is 10.4. The van der Waals surface area contributed by atoms with Crippen molar-refractivity contribution in [1.29, 1.82) is 0 Å². The van der Waals surface area contributed by atoms with E-state index in [0.717, 1.165) is 11.1 Å². The van der Waals surface area contributed by atoms with Crippen molar-refractivity contribution in [3.63, 3.8) is 0 Å². The zero-order valence-corrected chi connectivity index (χ0v) is 8.34. The summed E-state index contributed by atoms with van der Waals surface area (Å²) in [6, 6.07) is 3.48. The van der Waals surface area contributed by atoms with E-state index in [2.05, 4.69) is 10.2 Å². The molecular formula is C10H9ClN2O. The zero-order valence-electron chi connectivity index (χ0n) is 7.58. The Labute approximate surface area is 86.3 Å². The third-order valence-electron chi connectivity index (χ3n) is 2.15. The number of hydrogen-bond donors (Lipinski definition) is 2. The second-order valence-electron chi connectivity index (χ2n) is 3.09. The van der Waals surface area contributed by atoms with Gasteiger partial charge >= 0.3 is 0 Å². The summed E-state index contributed by atoms with van der Waals surface area (Å²) in [5.41, 5.74) is 2.45. The smallest absolute Gasteiger partial charge is 0.120 e. The van der Waals surface area contributed by atoms with Gasteiger partial charge in [0.15, 0.2) is 0 Å². The summed E-state index contributed by atoms with van der Waals surface area (Å²) in [5, 5.41) is 16.7. The first kappa shape index (κ1) is 9.09. The topological polar surface area (TPSA) is 48.9 Å². The Morgan fingerprint density at radius 2 is 2.14 bits per heavy atom. The SMILES string of the molecule is Cc1c(O)cc(-c2cn[nH]c2)cc1Cl. The van der Waals surface area contributed by atoms with Crippen LogP contribution in [-0.2, 0) is 0 Å². The third kappa shape index (κ3) is 1.46. The molecule has 72 valence electrons. The molecule has 0 atom stereocenters. The van der Waals surface area contributed by atoms with E-state index >= 15 is 0 Å². The number of benzene rings is 1. The van der Waals surface area contributed by atoms with Gasteiger partial charge in [-0.2, -0.15) is 5.10 Å². The lowest BCUT2D eigenvalue weighted by Crippen LogP contribution is -1.80. The van der Waals surface area contributed by atoms with Gasteiger partial charge in [0.1, 0.15) is 5.75 Å². The van der Waals surface area contributed by atoms with Gasteiger partial charge in [-0.15, -0.1) is 0 Å². The van der Waals surface area contributed by atoms with Gasteiger partial charge in [-0.3, -0.25) is 5.10 Å². The molecule has 0 saturated heterocycles. The first-order valence-corrected chi connectivity index (χ1v) is 4.54. The van der Waals surface area contributed by atoms with Crippen LogP contribution in [-0.4, -0.2) is 15.3 Å². The highest BCUT2D eigenvalue weighted by Crippen LogP contribution is 2.31. The molecule has 2 N–H and O–H groups in total. The van der Waals surface area contributed by atoms with E-state index in [1.54, 1.807) is 25.4 Å². The molecule has 0 aliphatic carbocycles. The number of aromatic nitrogens is 2. The van der Waals surface area contributed by atoms with E-state index in [-0.39, 0.29) is 5.75 Å². The largest absolute Gasteiger partial charge is 0.508 e. The van der Waals surface area contributed by atoms with E-state index in [1.807, 2.05) is 6.07 Å². The molecule has 0 fully saturated rings. The van der Waals surface area contributed by atoms with Gasteiger partial charge in [-0.05, 0) is 24.6 Å². The summed E-state index contributed by atoms with van der Waals surface area (Å²) in [6.07, 6.45) is 3.43. The number of phenols is 1. The third-order valence-corrected chi connectivity index (χ3v) is 2.54. The fourth-order valence-corrected chi connectivity index (χ4v) is 1.45. The maximum atomic E-state index is 9.56. The molecule has 0 aliphatic heterocycles. The highest BCUT2D eigenvalue weighted by Gasteiger charge is 2.06. The van der Waals surface area contributed by atoms with E-state index in [4.69, 9.17) is 11.6 Å². The van der Waals surface area contributed by atoms with E-state index in [9.17, 15) is 5.11 Å². The van der Waals surface area contributed by atoms with Crippen LogP contribution in [0.15, 0.2) is 24.5 Å². The second-order valence-corrected chi connectivity index (χ2v) is 3.50. The van der Waals surface area contributed by atoms with Crippen molar-refractivity contribution >= 4 is 11.6 Å². The van der Waals surface area contributed by atoms with Crippen molar-refractivity contribution in [3.05, 3.63) is 35.1 Å². The summed E-state index contributed by atoms with van der Waals surface area (Å²) >= 11 is 5.95. The first-order valence-electron chi connectivity index (χ1n) is 4.17. The number of nitrogens with one attached hydrogen (secondary N) is 1. The summed E-state index contributed by atoms with van der Waals surface area (Å²) in [4.78, 5) is 0. The number of aromatic hydroxyl groups is 1. The van der Waals surface area contributed by atoms with Crippen LogP contribution in [0.1, 0.15) is 5.56 Å². The molecule has 1 aromatic heterocycles. The van der Waals surface area contributed by atoms with Crippen LogP contribution in [0, 0.1) is 6.92 Å². The fraction of sp³-hybridized carbons (Fsp3) is 0.100. The summed E-state index contributed by atoms with van der Waals surface area (Å²) in [6.45, 7) is 1.77. The van der Waals surface area contributed by atoms with Gasteiger partial charge < -0.3 is 5.11 Å². The molecule has 0 unspecified atom stereocenters. The lowest BCUT2D eigenvalue weighted by Gasteiger charge is -2.04. The van der Waals surface area contributed by atoms with Crippen molar-refractivity contribution < 1.29 is 5.11 Å². The van der Waals surface area contributed by atoms with Gasteiger partial charge in [0.25, 0.3) is 0 Å². The van der Waals surface area contributed by atoms with Crippen LogP contribution in [0.3, 0.4) is 0 Å². The monoisotopic (exact) mass is 208 g/mol. The van der Waals surface area contributed by atoms with Crippen LogP contribution in [0.5, 0.6) is 5.75 Å². The molecule has 0 amide bonds. The maximum Gasteiger partial charge on any atom is 0.120 e. The molecule has 0 bridgehead atoms. The molecule has 3 nitrogen and oxygen atoms in total. The molecule has 4 heteroatoms. The molecule has 0 spiro atoms. The number of rotatable bonds is 1. The Kier molecular flexibility index (Phi) is 2.17. The summed E-state index contributed by atoms with van der Waals surface area (Å²) < 4.78 is 0. The Bertz CT molecular complexity index is 428. The van der Waals surface area contributed by atoms with Crippen LogP contribution in [0.2, 0.25) is 5.02 Å². The first-order chi connectivity index (χ1) is 6.68. The predicted molar refractivity (Wildman–Crippen MR) is 55.4 cm³/mol. The predicted octanol–water partition coefficient (Wildman–Crippen LogP) is 2.74. The molecule has 2 aromatic rings. The van der Waals surface area contributed by atoms with Crippen LogP contribution >= 0.6 is 11.6 Å². The highest BCUT2D eigenvalue weighted by molar-refractivity contribution is 6.31. The summed E-state index contributed by atoms with van der Waals surface area (Å²) in [7, 11) is 0. The number of phenolic OH excluding ortho intramolecular Hbond substituents is 1. The molecule has 0 aliphatic rings. The van der Waals surface area contributed by atoms with Crippen LogP contribution < -0.4 is 0 Å². The van der Waals surface area contributed by atoms with Gasteiger partial charge in [0.2, 0.25) is 0 Å². The molecule has 14 heavy (non-hydrogen) atoms. The average molecular weight is 209 g/mol. The Morgan fingerprint density at radius 3 is 2.71 bits per heavy atom. The lowest BCUT2D eigenvalue weighted by molar-refractivity contribution is 0.471. The van der Waals surface area contributed by atoms with Gasteiger partial charge in [0, 0.05) is 22.3 Å². The second kappa shape index (κ2) is 3.35. The Morgan fingerprint density at radius 1 is 1.36 bits per heavy atom. The van der Waals surface area contributed by atoms with Crippen LogP contribution in [0.25, 0.3) is 11.1 Å². The number of hydrogen-bond acceptors (Lipinski definition) is 2. The molecule has 1 aromatic carbocycles. The molecule has 0 saturated carbocycles. The minimum atomic E-state index is 0.203. The van der Waals surface area contributed by atoms with Crippen molar-refractivity contribution in [2.24, 2.45) is 0 Å². The van der Waals surface area contributed by atoms with Crippen molar-refractivity contribution in [3.8, 4) is 16.9 Å².